The van der Waals surface area contributed by atoms with Crippen molar-refractivity contribution in [3.63, 3.8) is 0 Å². The highest BCUT2D eigenvalue weighted by atomic mass is 32.2. The fourth-order valence-electron chi connectivity index (χ4n) is 1.70. The van der Waals surface area contributed by atoms with Gasteiger partial charge in [0.15, 0.2) is 0 Å². The molecule has 0 amide bonds. The van der Waals surface area contributed by atoms with Gasteiger partial charge in [0.05, 0.1) is 11.4 Å². The molecule has 0 saturated heterocycles. The molecular weight excluding hydrogens is 174 g/mol. The maximum atomic E-state index is 10.9. The second-order valence-corrected chi connectivity index (χ2v) is 5.21. The van der Waals surface area contributed by atoms with Gasteiger partial charge >= 0.3 is 0 Å². The monoisotopic (exact) mass is 191 g/mol. The van der Waals surface area contributed by atoms with E-state index in [1.54, 1.807) is 6.26 Å². The molecule has 1 fully saturated rings. The minimum absolute atomic E-state index is 0.232. The average molecular weight is 191 g/mol. The lowest BCUT2D eigenvalue weighted by atomic mass is 9.84. The number of nitrogens with two attached hydrogens (primary N) is 1. The highest BCUT2D eigenvalue weighted by molar-refractivity contribution is 7.84. The normalized spacial score (nSPS) is 39.4. The fraction of sp³-hybridized carbons (Fsp3) is 1.00. The number of aliphatic hydroxyl groups is 1. The van der Waals surface area contributed by atoms with Crippen LogP contribution in [0.1, 0.15) is 25.7 Å². The van der Waals surface area contributed by atoms with Crippen molar-refractivity contribution in [2.45, 2.75) is 37.3 Å². The molecule has 1 saturated carbocycles. The second-order valence-electron chi connectivity index (χ2n) is 3.78. The molecular formula is C8H17NO2S. The van der Waals surface area contributed by atoms with Crippen molar-refractivity contribution in [2.24, 2.45) is 5.73 Å². The molecule has 1 atom stereocenters. The summed E-state index contributed by atoms with van der Waals surface area (Å²) in [6.45, 7) is 0. The first-order valence-corrected chi connectivity index (χ1v) is 6.02. The molecule has 4 heteroatoms. The van der Waals surface area contributed by atoms with E-state index in [4.69, 9.17) is 5.73 Å². The first kappa shape index (κ1) is 10.2. The summed E-state index contributed by atoms with van der Waals surface area (Å²) in [5.41, 5.74) is 5.00. The van der Waals surface area contributed by atoms with Gasteiger partial charge in [0, 0.05) is 23.1 Å². The Morgan fingerprint density at radius 1 is 1.58 bits per heavy atom. The quantitative estimate of drug-likeness (QED) is 0.645. The summed E-state index contributed by atoms with van der Waals surface area (Å²) in [6, 6.07) is 0.232. The smallest absolute Gasteiger partial charge is 0.0763 e. The molecule has 0 spiro atoms. The molecule has 1 rings (SSSR count). The Balaban J connectivity index is 2.44. The van der Waals surface area contributed by atoms with E-state index in [9.17, 15) is 9.32 Å². The van der Waals surface area contributed by atoms with Gasteiger partial charge in [-0.15, -0.1) is 0 Å². The van der Waals surface area contributed by atoms with Gasteiger partial charge in [0.1, 0.15) is 0 Å². The molecule has 3 N–H and O–H groups in total. The van der Waals surface area contributed by atoms with Crippen molar-refractivity contribution in [3.05, 3.63) is 0 Å². The first-order chi connectivity index (χ1) is 5.52. The third kappa shape index (κ3) is 2.84. The average Bonchev–Trinajstić information content (AvgIpc) is 1.94. The molecule has 12 heavy (non-hydrogen) atoms. The van der Waals surface area contributed by atoms with Crippen molar-refractivity contribution in [1.29, 1.82) is 0 Å². The van der Waals surface area contributed by atoms with Gasteiger partial charge in [-0.2, -0.15) is 0 Å². The molecule has 1 aliphatic rings. The van der Waals surface area contributed by atoms with Crippen LogP contribution in [0.5, 0.6) is 0 Å². The number of hydrogen-bond donors (Lipinski definition) is 2. The van der Waals surface area contributed by atoms with Gasteiger partial charge in [-0.05, 0) is 25.7 Å². The zero-order chi connectivity index (χ0) is 9.19. The van der Waals surface area contributed by atoms with Crippen LogP contribution in [-0.4, -0.2) is 33.0 Å². The van der Waals surface area contributed by atoms with E-state index in [1.165, 1.54) is 0 Å². The van der Waals surface area contributed by atoms with E-state index >= 15 is 0 Å². The maximum absolute atomic E-state index is 10.9. The van der Waals surface area contributed by atoms with Crippen LogP contribution in [-0.2, 0) is 10.8 Å². The summed E-state index contributed by atoms with van der Waals surface area (Å²) in [5.74, 6) is 0.402. The van der Waals surface area contributed by atoms with Gasteiger partial charge < -0.3 is 10.8 Å². The fourth-order valence-corrected chi connectivity index (χ4v) is 2.75. The Morgan fingerprint density at radius 2 is 2.08 bits per heavy atom. The third-order valence-corrected chi connectivity index (χ3v) is 3.38. The predicted molar refractivity (Wildman–Crippen MR) is 50.3 cm³/mol. The van der Waals surface area contributed by atoms with E-state index < -0.39 is 16.4 Å². The molecule has 1 unspecified atom stereocenters. The summed E-state index contributed by atoms with van der Waals surface area (Å²) in [6.07, 6.45) is 4.75. The molecule has 3 nitrogen and oxygen atoms in total. The van der Waals surface area contributed by atoms with E-state index in [1.807, 2.05) is 0 Å². The summed E-state index contributed by atoms with van der Waals surface area (Å²) >= 11 is 0. The van der Waals surface area contributed by atoms with Gasteiger partial charge in [0.2, 0.25) is 0 Å². The number of hydrogen-bond acceptors (Lipinski definition) is 3. The molecule has 0 radical (unpaired) electrons. The minimum atomic E-state index is -0.905. The lowest BCUT2D eigenvalue weighted by Crippen LogP contribution is -2.42. The Morgan fingerprint density at radius 3 is 2.50 bits per heavy atom. The van der Waals surface area contributed by atoms with E-state index in [0.717, 1.165) is 12.8 Å². The van der Waals surface area contributed by atoms with Crippen molar-refractivity contribution in [1.82, 2.24) is 0 Å². The SMILES string of the molecule is CS(=O)CC1(O)CCC(N)CC1. The van der Waals surface area contributed by atoms with Crippen LogP contribution in [0.4, 0.5) is 0 Å². The third-order valence-electron chi connectivity index (χ3n) is 2.43. The molecule has 72 valence electrons. The van der Waals surface area contributed by atoms with Gasteiger partial charge in [-0.3, -0.25) is 4.21 Å². The summed E-state index contributed by atoms with van der Waals surface area (Å²) < 4.78 is 10.9. The van der Waals surface area contributed by atoms with E-state index in [0.29, 0.717) is 18.6 Å². The van der Waals surface area contributed by atoms with Crippen LogP contribution in [0.15, 0.2) is 0 Å². The Kier molecular flexibility index (Phi) is 3.26. The van der Waals surface area contributed by atoms with Crippen LogP contribution in [0, 0.1) is 0 Å². The summed E-state index contributed by atoms with van der Waals surface area (Å²) in [5, 5.41) is 9.91. The molecule has 0 heterocycles. The lowest BCUT2D eigenvalue weighted by molar-refractivity contribution is 0.0218. The second kappa shape index (κ2) is 3.85. The highest BCUT2D eigenvalue weighted by Gasteiger charge is 2.32. The van der Waals surface area contributed by atoms with Crippen LogP contribution in [0.2, 0.25) is 0 Å². The molecule has 0 aromatic rings. The molecule has 0 bridgehead atoms. The van der Waals surface area contributed by atoms with Crippen LogP contribution in [0.25, 0.3) is 0 Å². The summed E-state index contributed by atoms with van der Waals surface area (Å²) in [7, 11) is -0.905. The minimum Gasteiger partial charge on any atom is -0.389 e. The zero-order valence-electron chi connectivity index (χ0n) is 7.45. The van der Waals surface area contributed by atoms with Crippen LogP contribution < -0.4 is 5.73 Å². The van der Waals surface area contributed by atoms with Crippen LogP contribution >= 0.6 is 0 Å². The molecule has 0 aliphatic heterocycles. The topological polar surface area (TPSA) is 63.3 Å². The first-order valence-electron chi connectivity index (χ1n) is 4.30. The Labute approximate surface area is 75.8 Å². The Hall–Kier alpha value is 0.0700. The highest BCUT2D eigenvalue weighted by Crippen LogP contribution is 2.27. The van der Waals surface area contributed by atoms with Crippen molar-refractivity contribution >= 4 is 10.8 Å². The Bertz CT molecular complexity index is 176. The number of rotatable bonds is 2. The van der Waals surface area contributed by atoms with E-state index in [2.05, 4.69) is 0 Å². The van der Waals surface area contributed by atoms with E-state index in [-0.39, 0.29) is 6.04 Å². The summed E-state index contributed by atoms with van der Waals surface area (Å²) in [4.78, 5) is 0. The maximum Gasteiger partial charge on any atom is 0.0763 e. The molecule has 0 aromatic carbocycles. The van der Waals surface area contributed by atoms with Gasteiger partial charge in [-0.25, -0.2) is 0 Å². The zero-order valence-corrected chi connectivity index (χ0v) is 8.27. The standard InChI is InChI=1S/C8H17NO2S/c1-12(11)6-8(10)4-2-7(9)3-5-8/h7,10H,2-6,9H2,1H3. The van der Waals surface area contributed by atoms with Crippen LogP contribution in [0.3, 0.4) is 0 Å². The molecule has 0 aromatic heterocycles. The van der Waals surface area contributed by atoms with Crippen molar-refractivity contribution in [3.8, 4) is 0 Å². The predicted octanol–water partition coefficient (Wildman–Crippen LogP) is -0.00270. The largest absolute Gasteiger partial charge is 0.389 e. The molecule has 1 aliphatic carbocycles. The van der Waals surface area contributed by atoms with Gasteiger partial charge in [-0.1, -0.05) is 0 Å². The van der Waals surface area contributed by atoms with Crippen molar-refractivity contribution < 1.29 is 9.32 Å². The lowest BCUT2D eigenvalue weighted by Gasteiger charge is -2.33. The van der Waals surface area contributed by atoms with Crippen molar-refractivity contribution in [2.75, 3.05) is 12.0 Å². The van der Waals surface area contributed by atoms with Gasteiger partial charge in [0.25, 0.3) is 0 Å².